The molecule has 0 fully saturated rings. The van der Waals surface area contributed by atoms with E-state index in [-0.39, 0.29) is 0 Å². The molecular weight excluding hydrogens is 214 g/mol. The average molecular weight is 233 g/mol. The molecule has 92 valence electrons. The van der Waals surface area contributed by atoms with Gasteiger partial charge in [0.1, 0.15) is 0 Å². The smallest absolute Gasteiger partial charge is 0.332 e. The molecule has 0 saturated carbocycles. The normalized spacial score (nSPS) is 11.2. The number of nitrogens with two attached hydrogens (primary N) is 1. The van der Waals surface area contributed by atoms with Gasteiger partial charge < -0.3 is 5.73 Å². The number of nitrogens with one attached hydrogen (secondary N) is 1. The first-order chi connectivity index (χ1) is 8.24. The van der Waals surface area contributed by atoms with Crippen molar-refractivity contribution in [3.63, 3.8) is 0 Å². The summed E-state index contributed by atoms with van der Waals surface area (Å²) in [5, 5.41) is 4.06. The Morgan fingerprint density at radius 3 is 2.59 bits per heavy atom. The predicted molar refractivity (Wildman–Crippen MR) is 69.8 cm³/mol. The maximum Gasteiger partial charge on any atom is 0.332 e. The highest BCUT2D eigenvalue weighted by Gasteiger charge is 2.03. The molecule has 4 heteroatoms. The van der Waals surface area contributed by atoms with Crippen molar-refractivity contribution in [3.05, 3.63) is 35.9 Å². The van der Waals surface area contributed by atoms with Crippen molar-refractivity contribution in [2.75, 3.05) is 0 Å². The third-order valence-corrected chi connectivity index (χ3v) is 2.43. The van der Waals surface area contributed by atoms with Gasteiger partial charge in [0.25, 0.3) is 0 Å². The van der Waals surface area contributed by atoms with Gasteiger partial charge in [0.15, 0.2) is 0 Å². The van der Waals surface area contributed by atoms with Gasteiger partial charge in [-0.2, -0.15) is 5.10 Å². The van der Waals surface area contributed by atoms with Crippen LogP contribution in [-0.2, 0) is 0 Å². The third kappa shape index (κ3) is 5.15. The average Bonchev–Trinajstić information content (AvgIpc) is 2.34. The molecule has 0 aliphatic heterocycles. The molecule has 4 nitrogen and oxygen atoms in total. The number of benzene rings is 1. The Bertz CT molecular complexity index is 374. The van der Waals surface area contributed by atoms with Crippen LogP contribution in [0.4, 0.5) is 4.79 Å². The van der Waals surface area contributed by atoms with Gasteiger partial charge in [0.2, 0.25) is 0 Å². The van der Waals surface area contributed by atoms with E-state index >= 15 is 0 Å². The number of primary amides is 1. The van der Waals surface area contributed by atoms with Crippen molar-refractivity contribution in [2.45, 2.75) is 32.6 Å². The maximum absolute atomic E-state index is 10.7. The fourth-order valence-electron chi connectivity index (χ4n) is 1.56. The van der Waals surface area contributed by atoms with E-state index < -0.39 is 6.03 Å². The summed E-state index contributed by atoms with van der Waals surface area (Å²) in [7, 11) is 0. The van der Waals surface area contributed by atoms with Crippen LogP contribution in [0.15, 0.2) is 35.4 Å². The van der Waals surface area contributed by atoms with E-state index in [2.05, 4.69) is 17.5 Å². The molecule has 0 aliphatic rings. The summed E-state index contributed by atoms with van der Waals surface area (Å²) in [6, 6.07) is 9.19. The number of amides is 2. The molecule has 1 aromatic carbocycles. The van der Waals surface area contributed by atoms with E-state index in [1.807, 2.05) is 30.3 Å². The topological polar surface area (TPSA) is 67.5 Å². The lowest BCUT2D eigenvalue weighted by atomic mass is 10.0. The van der Waals surface area contributed by atoms with Gasteiger partial charge in [-0.1, -0.05) is 50.1 Å². The van der Waals surface area contributed by atoms with Crippen LogP contribution >= 0.6 is 0 Å². The predicted octanol–water partition coefficient (Wildman–Crippen LogP) is 2.64. The van der Waals surface area contributed by atoms with Crippen LogP contribution in [0.1, 0.15) is 38.2 Å². The zero-order chi connectivity index (χ0) is 12.5. The van der Waals surface area contributed by atoms with E-state index in [1.54, 1.807) is 0 Å². The molecule has 0 saturated heterocycles. The zero-order valence-corrected chi connectivity index (χ0v) is 10.1. The van der Waals surface area contributed by atoms with Crippen molar-refractivity contribution in [3.8, 4) is 0 Å². The molecule has 2 amide bonds. The van der Waals surface area contributed by atoms with Gasteiger partial charge in [-0.05, 0) is 18.4 Å². The standard InChI is InChI=1S/C13H19N3O/c1-2-3-5-10-12(15-16-13(14)17)11-8-6-4-7-9-11/h4,6-9H,2-3,5,10H2,1H3,(H3,14,16,17)/b15-12-. The lowest BCUT2D eigenvalue weighted by molar-refractivity contribution is 0.249. The van der Waals surface area contributed by atoms with Crippen LogP contribution in [0.25, 0.3) is 0 Å². The van der Waals surface area contributed by atoms with Crippen molar-refractivity contribution >= 4 is 11.7 Å². The van der Waals surface area contributed by atoms with Crippen LogP contribution in [0, 0.1) is 0 Å². The van der Waals surface area contributed by atoms with Gasteiger partial charge in [-0.15, -0.1) is 0 Å². The zero-order valence-electron chi connectivity index (χ0n) is 10.1. The summed E-state index contributed by atoms with van der Waals surface area (Å²) in [4.78, 5) is 10.7. The number of carbonyl (C=O) groups excluding carboxylic acids is 1. The minimum absolute atomic E-state index is 0.631. The quantitative estimate of drug-likeness (QED) is 0.442. The number of rotatable bonds is 6. The molecular formula is C13H19N3O. The second-order valence-electron chi connectivity index (χ2n) is 3.86. The minimum Gasteiger partial charge on any atom is -0.350 e. The number of hydrogen-bond donors (Lipinski definition) is 2. The molecule has 3 N–H and O–H groups in total. The number of carbonyl (C=O) groups is 1. The van der Waals surface area contributed by atoms with Gasteiger partial charge >= 0.3 is 6.03 Å². The number of nitrogens with zero attached hydrogens (tertiary/aromatic N) is 1. The molecule has 1 aromatic rings. The Hall–Kier alpha value is -1.84. The Morgan fingerprint density at radius 1 is 1.29 bits per heavy atom. The summed E-state index contributed by atoms with van der Waals surface area (Å²) in [5.74, 6) is 0. The summed E-state index contributed by atoms with van der Waals surface area (Å²) < 4.78 is 0. The summed E-state index contributed by atoms with van der Waals surface area (Å²) in [6.07, 6.45) is 4.22. The Morgan fingerprint density at radius 2 is 2.00 bits per heavy atom. The summed E-state index contributed by atoms with van der Waals surface area (Å²) in [5.41, 5.74) is 9.21. The second kappa shape index (κ2) is 7.44. The third-order valence-electron chi connectivity index (χ3n) is 2.43. The Kier molecular flexibility index (Phi) is 5.79. The molecule has 0 unspecified atom stereocenters. The Labute approximate surface area is 102 Å². The van der Waals surface area contributed by atoms with E-state index in [0.29, 0.717) is 0 Å². The molecule has 0 atom stereocenters. The number of unbranched alkanes of at least 4 members (excludes halogenated alkanes) is 2. The number of hydrazone groups is 1. The van der Waals surface area contributed by atoms with Crippen LogP contribution in [-0.4, -0.2) is 11.7 Å². The summed E-state index contributed by atoms with van der Waals surface area (Å²) >= 11 is 0. The molecule has 0 aliphatic carbocycles. The molecule has 0 radical (unpaired) electrons. The highest BCUT2D eigenvalue weighted by atomic mass is 16.2. The molecule has 0 heterocycles. The van der Waals surface area contributed by atoms with Gasteiger partial charge in [0, 0.05) is 0 Å². The first-order valence-electron chi connectivity index (χ1n) is 5.91. The van der Waals surface area contributed by atoms with Gasteiger partial charge in [-0.3, -0.25) is 0 Å². The lowest BCUT2D eigenvalue weighted by Gasteiger charge is -2.06. The monoisotopic (exact) mass is 233 g/mol. The largest absolute Gasteiger partial charge is 0.350 e. The van der Waals surface area contributed by atoms with Crippen molar-refractivity contribution in [1.29, 1.82) is 0 Å². The highest BCUT2D eigenvalue weighted by Crippen LogP contribution is 2.08. The maximum atomic E-state index is 10.7. The van der Waals surface area contributed by atoms with Gasteiger partial charge in [0.05, 0.1) is 5.71 Å². The first-order valence-corrected chi connectivity index (χ1v) is 5.91. The number of hydrogen-bond acceptors (Lipinski definition) is 2. The van der Waals surface area contributed by atoms with E-state index in [4.69, 9.17) is 5.73 Å². The van der Waals surface area contributed by atoms with Crippen LogP contribution in [0.5, 0.6) is 0 Å². The Balaban J connectivity index is 2.72. The van der Waals surface area contributed by atoms with E-state index in [9.17, 15) is 4.79 Å². The minimum atomic E-state index is -0.631. The van der Waals surface area contributed by atoms with Crippen LogP contribution < -0.4 is 11.2 Å². The second-order valence-corrected chi connectivity index (χ2v) is 3.86. The van der Waals surface area contributed by atoms with Crippen molar-refractivity contribution in [2.24, 2.45) is 10.8 Å². The molecule has 0 bridgehead atoms. The van der Waals surface area contributed by atoms with Crippen molar-refractivity contribution < 1.29 is 4.79 Å². The fraction of sp³-hybridized carbons (Fsp3) is 0.385. The highest BCUT2D eigenvalue weighted by molar-refractivity contribution is 6.00. The number of urea groups is 1. The fourth-order valence-corrected chi connectivity index (χ4v) is 1.56. The van der Waals surface area contributed by atoms with Crippen molar-refractivity contribution in [1.82, 2.24) is 5.43 Å². The molecule has 1 rings (SSSR count). The summed E-state index contributed by atoms with van der Waals surface area (Å²) in [6.45, 7) is 2.15. The van der Waals surface area contributed by atoms with Crippen LogP contribution in [0.3, 0.4) is 0 Å². The SMILES string of the molecule is CCCCC/C(=N/NC(N)=O)c1ccccc1. The molecule has 0 aromatic heterocycles. The first kappa shape index (κ1) is 13.2. The lowest BCUT2D eigenvalue weighted by Crippen LogP contribution is -2.26. The van der Waals surface area contributed by atoms with Gasteiger partial charge in [-0.25, -0.2) is 10.2 Å². The van der Waals surface area contributed by atoms with E-state index in [1.165, 1.54) is 0 Å². The molecule has 17 heavy (non-hydrogen) atoms. The molecule has 0 spiro atoms. The van der Waals surface area contributed by atoms with E-state index in [0.717, 1.165) is 37.0 Å². The van der Waals surface area contributed by atoms with Crippen LogP contribution in [0.2, 0.25) is 0 Å².